The third-order valence-electron chi connectivity index (χ3n) is 6.09. The minimum atomic E-state index is 0.0769. The van der Waals surface area contributed by atoms with Crippen molar-refractivity contribution in [2.75, 3.05) is 13.1 Å². The van der Waals surface area contributed by atoms with Crippen molar-refractivity contribution in [3.05, 3.63) is 84.1 Å². The Balaban J connectivity index is 1.54. The summed E-state index contributed by atoms with van der Waals surface area (Å²) in [7, 11) is 0. The molecule has 5 nitrogen and oxygen atoms in total. The summed E-state index contributed by atoms with van der Waals surface area (Å²) in [6, 6.07) is 24.3. The van der Waals surface area contributed by atoms with E-state index in [9.17, 15) is 9.90 Å². The van der Waals surface area contributed by atoms with Crippen molar-refractivity contribution < 1.29 is 14.5 Å². The minimum Gasteiger partial charge on any atom is -0.507 e. The fraction of sp³-hybridized carbons (Fsp3) is 0.241. The van der Waals surface area contributed by atoms with E-state index in [4.69, 9.17) is 5.73 Å². The number of amides is 1. The van der Waals surface area contributed by atoms with Crippen molar-refractivity contribution in [2.24, 2.45) is 5.73 Å². The maximum atomic E-state index is 11.8. The molecule has 4 rings (SSSR count). The number of unbranched alkanes of at least 4 members (excludes halogenated alkanes) is 2. The monoisotopic (exact) mass is 454 g/mol. The molecule has 0 unspecified atom stereocenters. The maximum absolute atomic E-state index is 11.8. The first-order valence-electron chi connectivity index (χ1n) is 11.9. The molecule has 0 aliphatic heterocycles. The second kappa shape index (κ2) is 11.4. The van der Waals surface area contributed by atoms with E-state index in [2.05, 4.69) is 58.4 Å². The molecule has 0 fully saturated rings. The number of fused-ring (bicyclic) bond motifs is 2. The molecule has 4 N–H and O–H groups in total. The standard InChI is InChI=1S/C29H31N3O2/c30-19-20-31-29(34)12-2-1-7-21-32-24(17-14-23-8-3-6-11-27(23)32)16-13-22-15-18-28(33)26-10-5-4-9-25(22)26/h3-6,8-11,13-18H,1-2,7,12,19-21,30H2,(H,31,34)/p+1. The van der Waals surface area contributed by atoms with Gasteiger partial charge in [0.05, 0.1) is 0 Å². The van der Waals surface area contributed by atoms with Gasteiger partial charge >= 0.3 is 0 Å². The number of hydrogen-bond donors (Lipinski definition) is 3. The van der Waals surface area contributed by atoms with Gasteiger partial charge in [0, 0.05) is 54.9 Å². The summed E-state index contributed by atoms with van der Waals surface area (Å²) < 4.78 is 2.35. The van der Waals surface area contributed by atoms with Gasteiger partial charge in [-0.1, -0.05) is 42.5 Å². The van der Waals surface area contributed by atoms with E-state index in [0.717, 1.165) is 47.8 Å². The lowest BCUT2D eigenvalue weighted by molar-refractivity contribution is -0.673. The van der Waals surface area contributed by atoms with Crippen molar-refractivity contribution in [3.63, 3.8) is 0 Å². The highest BCUT2D eigenvalue weighted by molar-refractivity contribution is 5.96. The Morgan fingerprint density at radius 2 is 1.68 bits per heavy atom. The Bertz CT molecular complexity index is 1310. The van der Waals surface area contributed by atoms with Crippen LogP contribution in [-0.2, 0) is 11.3 Å². The molecule has 3 aromatic carbocycles. The first kappa shape index (κ1) is 23.5. The molecule has 0 saturated carbocycles. The number of phenolic OH excluding ortho intramolecular Hbond substituents is 1. The number of phenols is 1. The van der Waals surface area contributed by atoms with Gasteiger partial charge in [-0.2, -0.15) is 4.57 Å². The lowest BCUT2D eigenvalue weighted by atomic mass is 10.0. The normalized spacial score (nSPS) is 11.4. The van der Waals surface area contributed by atoms with Crippen LogP contribution in [0.25, 0.3) is 33.8 Å². The van der Waals surface area contributed by atoms with Crippen LogP contribution in [0, 0.1) is 0 Å². The van der Waals surface area contributed by atoms with E-state index in [1.165, 1.54) is 10.9 Å². The molecule has 0 aliphatic carbocycles. The van der Waals surface area contributed by atoms with Gasteiger partial charge in [0.1, 0.15) is 12.3 Å². The number of nitrogens with two attached hydrogens (primary N) is 1. The third-order valence-corrected chi connectivity index (χ3v) is 6.09. The Morgan fingerprint density at radius 1 is 0.882 bits per heavy atom. The number of hydrogen-bond acceptors (Lipinski definition) is 3. The van der Waals surface area contributed by atoms with Crippen molar-refractivity contribution in [2.45, 2.75) is 32.2 Å². The summed E-state index contributed by atoms with van der Waals surface area (Å²) >= 11 is 0. The number of para-hydroxylation sites is 1. The van der Waals surface area contributed by atoms with Crippen LogP contribution < -0.4 is 15.6 Å². The zero-order chi connectivity index (χ0) is 23.8. The fourth-order valence-corrected chi connectivity index (χ4v) is 4.33. The van der Waals surface area contributed by atoms with Crippen molar-refractivity contribution in [1.82, 2.24) is 5.32 Å². The molecular weight excluding hydrogens is 422 g/mol. The van der Waals surface area contributed by atoms with Crippen LogP contribution in [0.15, 0.2) is 72.8 Å². The molecule has 0 atom stereocenters. The summed E-state index contributed by atoms with van der Waals surface area (Å²) in [4.78, 5) is 11.8. The van der Waals surface area contributed by atoms with Gasteiger partial charge in [-0.15, -0.1) is 0 Å². The van der Waals surface area contributed by atoms with Crippen LogP contribution in [0.2, 0.25) is 0 Å². The summed E-state index contributed by atoms with van der Waals surface area (Å²) in [5, 5.41) is 16.1. The third kappa shape index (κ3) is 5.61. The molecular formula is C29H32N3O2+. The zero-order valence-electron chi connectivity index (χ0n) is 19.4. The average Bonchev–Trinajstić information content (AvgIpc) is 2.87. The topological polar surface area (TPSA) is 79.2 Å². The van der Waals surface area contributed by atoms with Gasteiger partial charge in [-0.3, -0.25) is 4.79 Å². The second-order valence-corrected chi connectivity index (χ2v) is 8.47. The van der Waals surface area contributed by atoms with Crippen LogP contribution in [0.1, 0.15) is 36.9 Å². The molecule has 0 saturated heterocycles. The van der Waals surface area contributed by atoms with Crippen molar-refractivity contribution in [3.8, 4) is 5.75 Å². The lowest BCUT2D eigenvalue weighted by Gasteiger charge is -2.07. The van der Waals surface area contributed by atoms with Gasteiger partial charge in [0.2, 0.25) is 17.1 Å². The Hall–Kier alpha value is -3.70. The Labute approximate surface area is 200 Å². The van der Waals surface area contributed by atoms with E-state index in [0.29, 0.717) is 25.3 Å². The predicted octanol–water partition coefficient (Wildman–Crippen LogP) is 4.79. The van der Waals surface area contributed by atoms with E-state index in [1.807, 2.05) is 30.3 Å². The highest BCUT2D eigenvalue weighted by Gasteiger charge is 2.14. The Morgan fingerprint density at radius 3 is 2.53 bits per heavy atom. The summed E-state index contributed by atoms with van der Waals surface area (Å²) in [5.74, 6) is 0.373. The fourth-order valence-electron chi connectivity index (χ4n) is 4.33. The summed E-state index contributed by atoms with van der Waals surface area (Å²) in [6.07, 6.45) is 7.65. The molecule has 34 heavy (non-hydrogen) atoms. The smallest absolute Gasteiger partial charge is 0.220 e. The van der Waals surface area contributed by atoms with Crippen LogP contribution in [0.3, 0.4) is 0 Å². The largest absolute Gasteiger partial charge is 0.507 e. The maximum Gasteiger partial charge on any atom is 0.220 e. The number of nitrogens with zero attached hydrogens (tertiary/aromatic N) is 1. The van der Waals surface area contributed by atoms with Gasteiger partial charge in [-0.05, 0) is 48.1 Å². The van der Waals surface area contributed by atoms with Crippen LogP contribution >= 0.6 is 0 Å². The number of aromatic hydroxyl groups is 1. The molecule has 0 aliphatic rings. The molecule has 1 heterocycles. The van der Waals surface area contributed by atoms with Crippen LogP contribution in [0.5, 0.6) is 5.75 Å². The van der Waals surface area contributed by atoms with Crippen LogP contribution in [0.4, 0.5) is 0 Å². The van der Waals surface area contributed by atoms with E-state index in [-0.39, 0.29) is 5.91 Å². The SMILES string of the molecule is NCCNC(=O)CCCCC[n+]1c(/C=C/c2ccc(O)c3ccccc23)ccc2ccccc21. The van der Waals surface area contributed by atoms with Gasteiger partial charge < -0.3 is 16.2 Å². The highest BCUT2D eigenvalue weighted by Crippen LogP contribution is 2.28. The van der Waals surface area contributed by atoms with E-state index < -0.39 is 0 Å². The van der Waals surface area contributed by atoms with E-state index in [1.54, 1.807) is 6.07 Å². The van der Waals surface area contributed by atoms with Gasteiger partial charge in [-0.25, -0.2) is 0 Å². The van der Waals surface area contributed by atoms with E-state index >= 15 is 0 Å². The number of aromatic nitrogens is 1. The number of carbonyl (C=O) groups excluding carboxylic acids is 1. The molecule has 0 spiro atoms. The van der Waals surface area contributed by atoms with Gasteiger partial charge in [0.15, 0.2) is 0 Å². The molecule has 4 aromatic rings. The molecule has 5 heteroatoms. The Kier molecular flexibility index (Phi) is 7.89. The number of rotatable bonds is 10. The number of aryl methyl sites for hydroxylation is 1. The number of benzene rings is 3. The molecule has 1 amide bonds. The number of nitrogens with one attached hydrogen (secondary N) is 1. The molecule has 174 valence electrons. The molecule has 1 aromatic heterocycles. The van der Waals surface area contributed by atoms with Crippen LogP contribution in [-0.4, -0.2) is 24.1 Å². The highest BCUT2D eigenvalue weighted by atomic mass is 16.3. The number of carbonyl (C=O) groups is 1. The zero-order valence-corrected chi connectivity index (χ0v) is 19.4. The summed E-state index contributed by atoms with van der Waals surface area (Å²) in [5.41, 5.74) is 8.82. The van der Waals surface area contributed by atoms with Gasteiger partial charge in [0.25, 0.3) is 0 Å². The number of pyridine rings is 1. The summed E-state index contributed by atoms with van der Waals surface area (Å²) in [6.45, 7) is 1.89. The molecule has 0 radical (unpaired) electrons. The quantitative estimate of drug-likeness (QED) is 0.238. The second-order valence-electron chi connectivity index (χ2n) is 8.47. The minimum absolute atomic E-state index is 0.0769. The average molecular weight is 455 g/mol. The molecule has 0 bridgehead atoms. The van der Waals surface area contributed by atoms with Crippen molar-refractivity contribution >= 4 is 39.7 Å². The van der Waals surface area contributed by atoms with Crippen molar-refractivity contribution in [1.29, 1.82) is 0 Å². The first-order chi connectivity index (χ1) is 16.7. The lowest BCUT2D eigenvalue weighted by Crippen LogP contribution is -2.38. The predicted molar refractivity (Wildman–Crippen MR) is 139 cm³/mol. The first-order valence-corrected chi connectivity index (χ1v) is 11.9.